The average molecular weight is 651 g/mol. The number of aromatic nitrogens is 4. The summed E-state index contributed by atoms with van der Waals surface area (Å²) in [7, 11) is 0. The van der Waals surface area contributed by atoms with Gasteiger partial charge in [0, 0.05) is 38.9 Å². The molecular formula is C31H27BrClF2N7. The van der Waals surface area contributed by atoms with Crippen molar-refractivity contribution in [3.05, 3.63) is 111 Å². The van der Waals surface area contributed by atoms with Gasteiger partial charge in [0.15, 0.2) is 0 Å². The van der Waals surface area contributed by atoms with Crippen LogP contribution in [0.1, 0.15) is 49.2 Å². The SMILES string of the molecule is CC(C)(C)CNc1c(C#N)cnc2c(Br)cc(N[C@H](c3cn(Cc4c(F)cccc4F)nn3)c3ccccc3Cl)cc12. The van der Waals surface area contributed by atoms with Gasteiger partial charge in [-0.05, 0) is 57.2 Å². The Labute approximate surface area is 255 Å². The maximum atomic E-state index is 14.3. The Bertz CT molecular complexity index is 1790. The molecule has 0 aliphatic carbocycles. The number of anilines is 2. The highest BCUT2D eigenvalue weighted by Crippen LogP contribution is 2.37. The van der Waals surface area contributed by atoms with Crippen molar-refractivity contribution >= 4 is 49.8 Å². The third-order valence-corrected chi connectivity index (χ3v) is 7.55. The number of hydrogen-bond donors (Lipinski definition) is 2. The summed E-state index contributed by atoms with van der Waals surface area (Å²) in [5, 5.41) is 26.5. The van der Waals surface area contributed by atoms with Gasteiger partial charge in [-0.3, -0.25) is 4.98 Å². The lowest BCUT2D eigenvalue weighted by Crippen LogP contribution is -2.20. The molecule has 0 radical (unpaired) electrons. The van der Waals surface area contributed by atoms with Gasteiger partial charge in [0.2, 0.25) is 0 Å². The Kier molecular flexibility index (Phi) is 8.43. The number of halogens is 4. The summed E-state index contributed by atoms with van der Waals surface area (Å²) in [6.07, 6.45) is 3.20. The minimum Gasteiger partial charge on any atom is -0.383 e. The molecule has 5 rings (SSSR count). The molecule has 11 heteroatoms. The Morgan fingerprint density at radius 2 is 1.83 bits per heavy atom. The molecule has 214 valence electrons. The number of nitriles is 1. The number of nitrogens with zero attached hydrogens (tertiary/aromatic N) is 5. The Morgan fingerprint density at radius 1 is 1.10 bits per heavy atom. The van der Waals surface area contributed by atoms with E-state index in [1.807, 2.05) is 30.3 Å². The molecular weight excluding hydrogens is 624 g/mol. The zero-order valence-electron chi connectivity index (χ0n) is 23.1. The van der Waals surface area contributed by atoms with Crippen LogP contribution in [0.15, 0.2) is 71.5 Å². The van der Waals surface area contributed by atoms with Crippen molar-refractivity contribution in [2.45, 2.75) is 33.4 Å². The summed E-state index contributed by atoms with van der Waals surface area (Å²) in [6, 6.07) is 16.6. The second kappa shape index (κ2) is 12.0. The van der Waals surface area contributed by atoms with Crippen molar-refractivity contribution in [1.82, 2.24) is 20.0 Å². The molecule has 0 saturated carbocycles. The van der Waals surface area contributed by atoms with Crippen molar-refractivity contribution in [2.75, 3.05) is 17.2 Å². The molecule has 0 unspecified atom stereocenters. The van der Waals surface area contributed by atoms with E-state index < -0.39 is 17.7 Å². The number of pyridine rings is 1. The minimum atomic E-state index is -0.657. The number of hydrogen-bond acceptors (Lipinski definition) is 6. The smallest absolute Gasteiger partial charge is 0.131 e. The summed E-state index contributed by atoms with van der Waals surface area (Å²) >= 11 is 10.3. The summed E-state index contributed by atoms with van der Waals surface area (Å²) in [5.74, 6) is -1.31. The quantitative estimate of drug-likeness (QED) is 0.176. The number of rotatable bonds is 8. The first kappa shape index (κ1) is 29.4. The molecule has 7 nitrogen and oxygen atoms in total. The van der Waals surface area contributed by atoms with Crippen LogP contribution < -0.4 is 10.6 Å². The van der Waals surface area contributed by atoms with Gasteiger partial charge in [0.1, 0.15) is 23.4 Å². The molecule has 3 aromatic carbocycles. The summed E-state index contributed by atoms with van der Waals surface area (Å²) in [5.41, 5.74) is 3.61. The Hall–Kier alpha value is -4.07. The first-order valence-electron chi connectivity index (χ1n) is 13.1. The van der Waals surface area contributed by atoms with Crippen molar-refractivity contribution in [2.24, 2.45) is 5.41 Å². The first-order chi connectivity index (χ1) is 20.0. The Morgan fingerprint density at radius 3 is 2.52 bits per heavy atom. The average Bonchev–Trinajstić information content (AvgIpc) is 3.41. The molecule has 0 saturated heterocycles. The zero-order valence-corrected chi connectivity index (χ0v) is 25.4. The van der Waals surface area contributed by atoms with Crippen molar-refractivity contribution in [1.29, 1.82) is 5.26 Å². The van der Waals surface area contributed by atoms with Crippen LogP contribution in [-0.2, 0) is 6.54 Å². The van der Waals surface area contributed by atoms with E-state index in [0.29, 0.717) is 39.7 Å². The second-order valence-corrected chi connectivity index (χ2v) is 12.3. The maximum Gasteiger partial charge on any atom is 0.131 e. The third-order valence-electron chi connectivity index (χ3n) is 6.60. The van der Waals surface area contributed by atoms with Crippen LogP contribution in [0.3, 0.4) is 0 Å². The van der Waals surface area contributed by atoms with Crippen LogP contribution in [0.4, 0.5) is 20.2 Å². The topological polar surface area (TPSA) is 91.5 Å². The lowest BCUT2D eigenvalue weighted by molar-refractivity contribution is 0.443. The van der Waals surface area contributed by atoms with Gasteiger partial charge in [0.25, 0.3) is 0 Å². The molecule has 2 heterocycles. The van der Waals surface area contributed by atoms with Crippen LogP contribution >= 0.6 is 27.5 Å². The van der Waals surface area contributed by atoms with Gasteiger partial charge in [-0.2, -0.15) is 5.26 Å². The molecule has 0 bridgehead atoms. The van der Waals surface area contributed by atoms with Crippen molar-refractivity contribution in [3.8, 4) is 6.07 Å². The molecule has 0 spiro atoms. The van der Waals surface area contributed by atoms with Crippen molar-refractivity contribution in [3.63, 3.8) is 0 Å². The van der Waals surface area contributed by atoms with Crippen LogP contribution in [-0.4, -0.2) is 26.5 Å². The zero-order chi connectivity index (χ0) is 30.0. The van der Waals surface area contributed by atoms with E-state index in [1.54, 1.807) is 18.5 Å². The first-order valence-corrected chi connectivity index (χ1v) is 14.3. The van der Waals surface area contributed by atoms with Gasteiger partial charge in [-0.15, -0.1) is 5.10 Å². The maximum absolute atomic E-state index is 14.3. The van der Waals surface area contributed by atoms with E-state index in [-0.39, 0.29) is 17.5 Å². The minimum absolute atomic E-state index is 0.0258. The Balaban J connectivity index is 1.57. The van der Waals surface area contributed by atoms with Crippen LogP contribution in [0.5, 0.6) is 0 Å². The van der Waals surface area contributed by atoms with Gasteiger partial charge in [-0.25, -0.2) is 13.5 Å². The largest absolute Gasteiger partial charge is 0.383 e. The van der Waals surface area contributed by atoms with Crippen molar-refractivity contribution < 1.29 is 8.78 Å². The van der Waals surface area contributed by atoms with Crippen LogP contribution in [0.25, 0.3) is 10.9 Å². The van der Waals surface area contributed by atoms with E-state index in [2.05, 4.69) is 68.7 Å². The molecule has 0 aliphatic rings. The molecule has 0 fully saturated rings. The van der Waals surface area contributed by atoms with E-state index >= 15 is 0 Å². The highest BCUT2D eigenvalue weighted by atomic mass is 79.9. The lowest BCUT2D eigenvalue weighted by atomic mass is 9.96. The van der Waals surface area contributed by atoms with E-state index in [0.717, 1.165) is 15.4 Å². The fraction of sp³-hybridized carbons (Fsp3) is 0.226. The molecule has 2 aromatic heterocycles. The highest BCUT2D eigenvalue weighted by Gasteiger charge is 2.23. The number of nitrogens with one attached hydrogen (secondary N) is 2. The van der Waals surface area contributed by atoms with Crippen LogP contribution in [0, 0.1) is 28.4 Å². The predicted octanol–water partition coefficient (Wildman–Crippen LogP) is 8.10. The number of benzene rings is 3. The standard InChI is InChI=1S/C31H27BrClF2N7/c1-31(2,3)17-38-28-18(13-36)14-37-29-21(28)11-19(12-23(29)32)39-30(20-7-4-5-8-24(20)33)27-16-42(41-40-27)15-22-25(34)9-6-10-26(22)35/h4-12,14,16,30,39H,15,17H2,1-3H3,(H,37,38)/t30-/m0/s1. The third kappa shape index (κ3) is 6.37. The van der Waals surface area contributed by atoms with E-state index in [9.17, 15) is 14.0 Å². The molecule has 0 amide bonds. The van der Waals surface area contributed by atoms with E-state index in [1.165, 1.54) is 22.9 Å². The summed E-state index contributed by atoms with van der Waals surface area (Å²) < 4.78 is 30.7. The normalized spacial score (nSPS) is 12.2. The molecule has 1 atom stereocenters. The van der Waals surface area contributed by atoms with Gasteiger partial charge < -0.3 is 10.6 Å². The fourth-order valence-corrected chi connectivity index (χ4v) is 5.33. The van der Waals surface area contributed by atoms with Crippen LogP contribution in [0.2, 0.25) is 5.02 Å². The molecule has 2 N–H and O–H groups in total. The number of fused-ring (bicyclic) bond motifs is 1. The van der Waals surface area contributed by atoms with Gasteiger partial charge in [0.05, 0.1) is 35.6 Å². The molecule has 5 aromatic rings. The predicted molar refractivity (Wildman–Crippen MR) is 165 cm³/mol. The lowest BCUT2D eigenvalue weighted by Gasteiger charge is -2.22. The fourth-order valence-electron chi connectivity index (χ4n) is 4.53. The summed E-state index contributed by atoms with van der Waals surface area (Å²) in [4.78, 5) is 4.52. The van der Waals surface area contributed by atoms with E-state index in [4.69, 9.17) is 11.6 Å². The molecule has 42 heavy (non-hydrogen) atoms. The monoisotopic (exact) mass is 649 g/mol. The van der Waals surface area contributed by atoms with Gasteiger partial charge >= 0.3 is 0 Å². The second-order valence-electron chi connectivity index (χ2n) is 11.1. The molecule has 0 aliphatic heterocycles. The summed E-state index contributed by atoms with van der Waals surface area (Å²) in [6.45, 7) is 6.85. The van der Waals surface area contributed by atoms with Gasteiger partial charge in [-0.1, -0.05) is 61.9 Å². The highest BCUT2D eigenvalue weighted by molar-refractivity contribution is 9.10.